The van der Waals surface area contributed by atoms with E-state index in [1.807, 2.05) is 24.3 Å². The number of hydrogen-bond donors (Lipinski definition) is 4. The van der Waals surface area contributed by atoms with Gasteiger partial charge in [-0.1, -0.05) is 35.3 Å². The quantitative estimate of drug-likeness (QED) is 0.662. The first kappa shape index (κ1) is 16.4. The van der Waals surface area contributed by atoms with Crippen molar-refractivity contribution in [3.05, 3.63) is 63.1 Å². The molecule has 25 heavy (non-hydrogen) atoms. The summed E-state index contributed by atoms with van der Waals surface area (Å²) < 4.78 is 0. The van der Waals surface area contributed by atoms with Gasteiger partial charge < -0.3 is 10.6 Å². The number of halogens is 2. The lowest BCUT2D eigenvalue weighted by atomic mass is 9.99. The number of carbonyl (C=O) groups is 1. The molecule has 0 saturated carbocycles. The van der Waals surface area contributed by atoms with Crippen LogP contribution in [0.3, 0.4) is 0 Å². The smallest absolute Gasteiger partial charge is 0.265 e. The van der Waals surface area contributed by atoms with Crippen molar-refractivity contribution in [3.63, 3.8) is 0 Å². The first-order valence-corrected chi connectivity index (χ1v) is 8.54. The highest BCUT2D eigenvalue weighted by Crippen LogP contribution is 2.32. The standard InChI is InChI=1S/C17H15Cl2N5O/c18-11-5-4-9(6-12(11)19)7-20-8-14-21-13-3-1-2-10-15(13)16(22-14)23-24-17(10)25/h1-6,16,20,23H,7-8H2,(H,21,22)(H,24,25). The predicted molar refractivity (Wildman–Crippen MR) is 99.0 cm³/mol. The number of amides is 1. The lowest BCUT2D eigenvalue weighted by Crippen LogP contribution is -2.47. The van der Waals surface area contributed by atoms with E-state index in [2.05, 4.69) is 26.5 Å². The van der Waals surface area contributed by atoms with Crippen molar-refractivity contribution >= 4 is 40.6 Å². The Morgan fingerprint density at radius 1 is 1.12 bits per heavy atom. The van der Waals surface area contributed by atoms with E-state index in [1.165, 1.54) is 0 Å². The van der Waals surface area contributed by atoms with Gasteiger partial charge in [-0.15, -0.1) is 0 Å². The van der Waals surface area contributed by atoms with Crippen molar-refractivity contribution in [1.29, 1.82) is 0 Å². The van der Waals surface area contributed by atoms with Crippen LogP contribution in [0.15, 0.2) is 41.4 Å². The molecular weight excluding hydrogens is 361 g/mol. The Bertz CT molecular complexity index is 883. The average Bonchev–Trinajstić information content (AvgIpc) is 2.61. The van der Waals surface area contributed by atoms with Crippen LogP contribution in [0.4, 0.5) is 5.69 Å². The zero-order valence-electron chi connectivity index (χ0n) is 13.1. The van der Waals surface area contributed by atoms with Crippen LogP contribution >= 0.6 is 23.2 Å². The molecule has 4 N–H and O–H groups in total. The SMILES string of the molecule is O=C1NNC2N=C(CNCc3ccc(Cl)c(Cl)c3)Nc3cccc1c32. The molecule has 1 amide bonds. The molecule has 1 atom stereocenters. The van der Waals surface area contributed by atoms with E-state index < -0.39 is 0 Å². The first-order valence-electron chi connectivity index (χ1n) is 7.79. The molecule has 2 heterocycles. The minimum atomic E-state index is -0.285. The van der Waals surface area contributed by atoms with E-state index in [1.54, 1.807) is 12.1 Å². The Labute approximate surface area is 154 Å². The Kier molecular flexibility index (Phi) is 4.35. The molecule has 1 unspecified atom stereocenters. The van der Waals surface area contributed by atoms with Crippen LogP contribution < -0.4 is 21.5 Å². The highest BCUT2D eigenvalue weighted by Gasteiger charge is 2.30. The molecule has 6 nitrogen and oxygen atoms in total. The minimum absolute atomic E-state index is 0.147. The third-order valence-corrected chi connectivity index (χ3v) is 4.86. The van der Waals surface area contributed by atoms with E-state index in [0.29, 0.717) is 28.7 Å². The summed E-state index contributed by atoms with van der Waals surface area (Å²) in [6.07, 6.45) is -0.285. The van der Waals surface area contributed by atoms with Crippen molar-refractivity contribution in [2.24, 2.45) is 4.99 Å². The summed E-state index contributed by atoms with van der Waals surface area (Å²) in [7, 11) is 0. The van der Waals surface area contributed by atoms with Gasteiger partial charge in [0.15, 0.2) is 0 Å². The van der Waals surface area contributed by atoms with Crippen LogP contribution in [-0.2, 0) is 6.54 Å². The maximum atomic E-state index is 11.9. The second kappa shape index (κ2) is 6.65. The molecule has 0 bridgehead atoms. The Morgan fingerprint density at radius 2 is 2.00 bits per heavy atom. The van der Waals surface area contributed by atoms with Crippen molar-refractivity contribution in [3.8, 4) is 0 Å². The number of anilines is 1. The number of amidine groups is 1. The van der Waals surface area contributed by atoms with Gasteiger partial charge in [0.2, 0.25) is 0 Å². The molecular formula is C17H15Cl2N5O. The molecule has 2 aromatic carbocycles. The molecule has 0 radical (unpaired) electrons. The fraction of sp³-hybridized carbons (Fsp3) is 0.176. The molecule has 128 valence electrons. The molecule has 0 saturated heterocycles. The Balaban J connectivity index is 1.45. The van der Waals surface area contributed by atoms with E-state index in [4.69, 9.17) is 23.2 Å². The molecule has 4 rings (SSSR count). The second-order valence-electron chi connectivity index (χ2n) is 5.82. The van der Waals surface area contributed by atoms with Crippen LogP contribution in [0.1, 0.15) is 27.7 Å². The fourth-order valence-electron chi connectivity index (χ4n) is 2.95. The van der Waals surface area contributed by atoms with Gasteiger partial charge in [-0.3, -0.25) is 10.2 Å². The van der Waals surface area contributed by atoms with Crippen LogP contribution in [0.2, 0.25) is 10.0 Å². The highest BCUT2D eigenvalue weighted by molar-refractivity contribution is 6.42. The first-order chi connectivity index (χ1) is 12.1. The van der Waals surface area contributed by atoms with Crippen molar-refractivity contribution in [2.45, 2.75) is 12.7 Å². The summed E-state index contributed by atoms with van der Waals surface area (Å²) in [5, 5.41) is 7.69. The van der Waals surface area contributed by atoms with Gasteiger partial charge in [0.1, 0.15) is 12.0 Å². The van der Waals surface area contributed by atoms with Crippen molar-refractivity contribution in [1.82, 2.24) is 16.2 Å². The molecule has 2 aromatic rings. The van der Waals surface area contributed by atoms with E-state index in [-0.39, 0.29) is 12.1 Å². The molecule has 8 heteroatoms. The number of benzene rings is 2. The van der Waals surface area contributed by atoms with Crippen molar-refractivity contribution in [2.75, 3.05) is 11.9 Å². The molecule has 0 fully saturated rings. The summed E-state index contributed by atoms with van der Waals surface area (Å²) in [6, 6.07) is 11.1. The monoisotopic (exact) mass is 375 g/mol. The van der Waals surface area contributed by atoms with E-state index >= 15 is 0 Å². The lowest BCUT2D eigenvalue weighted by molar-refractivity contribution is 0.0909. The van der Waals surface area contributed by atoms with Crippen LogP contribution in [0.5, 0.6) is 0 Å². The van der Waals surface area contributed by atoms with Gasteiger partial charge in [0.25, 0.3) is 5.91 Å². The maximum Gasteiger partial charge on any atom is 0.265 e. The summed E-state index contributed by atoms with van der Waals surface area (Å²) in [4.78, 5) is 16.5. The third kappa shape index (κ3) is 3.21. The normalized spacial score (nSPS) is 18.1. The minimum Gasteiger partial charge on any atom is -0.343 e. The van der Waals surface area contributed by atoms with Crippen LogP contribution in [0.25, 0.3) is 0 Å². The van der Waals surface area contributed by atoms with Gasteiger partial charge in [0.05, 0.1) is 16.6 Å². The summed E-state index contributed by atoms with van der Waals surface area (Å²) in [5.41, 5.74) is 9.02. The fourth-order valence-corrected chi connectivity index (χ4v) is 3.27. The average molecular weight is 376 g/mol. The number of aliphatic imine (C=N–C) groups is 1. The highest BCUT2D eigenvalue weighted by atomic mass is 35.5. The largest absolute Gasteiger partial charge is 0.343 e. The zero-order chi connectivity index (χ0) is 17.4. The van der Waals surface area contributed by atoms with Crippen LogP contribution in [0, 0.1) is 0 Å². The maximum absolute atomic E-state index is 11.9. The molecule has 0 aliphatic carbocycles. The Hall–Kier alpha value is -2.12. The number of hydrogen-bond acceptors (Lipinski definition) is 5. The number of nitrogens with zero attached hydrogens (tertiary/aromatic N) is 1. The van der Waals surface area contributed by atoms with Gasteiger partial charge in [-0.05, 0) is 29.8 Å². The zero-order valence-corrected chi connectivity index (χ0v) is 14.6. The van der Waals surface area contributed by atoms with E-state index in [9.17, 15) is 4.79 Å². The van der Waals surface area contributed by atoms with Gasteiger partial charge in [-0.2, -0.15) is 0 Å². The third-order valence-electron chi connectivity index (χ3n) is 4.12. The summed E-state index contributed by atoms with van der Waals surface area (Å²) in [5.74, 6) is 0.643. The molecule has 2 aliphatic rings. The Morgan fingerprint density at radius 3 is 2.84 bits per heavy atom. The summed E-state index contributed by atoms with van der Waals surface area (Å²) >= 11 is 12.0. The molecule has 0 spiro atoms. The van der Waals surface area contributed by atoms with Gasteiger partial charge in [-0.25, -0.2) is 10.4 Å². The van der Waals surface area contributed by atoms with Crippen molar-refractivity contribution < 1.29 is 4.79 Å². The van der Waals surface area contributed by atoms with Crippen LogP contribution in [-0.4, -0.2) is 18.3 Å². The predicted octanol–water partition coefficient (Wildman–Crippen LogP) is 2.85. The summed E-state index contributed by atoms with van der Waals surface area (Å²) in [6.45, 7) is 1.19. The topological polar surface area (TPSA) is 77.5 Å². The number of rotatable bonds is 4. The van der Waals surface area contributed by atoms with Gasteiger partial charge in [0, 0.05) is 23.4 Å². The molecule has 0 aromatic heterocycles. The van der Waals surface area contributed by atoms with Gasteiger partial charge >= 0.3 is 0 Å². The van der Waals surface area contributed by atoms with E-state index in [0.717, 1.165) is 22.6 Å². The molecule has 2 aliphatic heterocycles. The number of nitrogens with one attached hydrogen (secondary N) is 4. The second-order valence-corrected chi connectivity index (χ2v) is 6.64. The number of hydrazine groups is 1. The number of carbonyl (C=O) groups excluding carboxylic acids is 1. The lowest BCUT2D eigenvalue weighted by Gasteiger charge is -2.31.